The van der Waals surface area contributed by atoms with Crippen LogP contribution in [-0.2, 0) is 6.54 Å². The van der Waals surface area contributed by atoms with Crippen LogP contribution in [0.5, 0.6) is 0 Å². The Balaban J connectivity index is 1.49. The van der Waals surface area contributed by atoms with Crippen molar-refractivity contribution in [1.29, 1.82) is 0 Å². The number of fused-ring (bicyclic) bond motifs is 1. The van der Waals surface area contributed by atoms with E-state index in [9.17, 15) is 4.39 Å². The van der Waals surface area contributed by atoms with Gasteiger partial charge < -0.3 is 4.98 Å². The lowest BCUT2D eigenvalue weighted by Crippen LogP contribution is -2.00. The monoisotopic (exact) mass is 404 g/mol. The van der Waals surface area contributed by atoms with Crippen LogP contribution in [0.25, 0.3) is 33.5 Å². The van der Waals surface area contributed by atoms with Gasteiger partial charge in [-0.1, -0.05) is 17.7 Å². The van der Waals surface area contributed by atoms with E-state index < -0.39 is 5.82 Å². The highest BCUT2D eigenvalue weighted by Gasteiger charge is 2.13. The summed E-state index contributed by atoms with van der Waals surface area (Å²) in [5.74, 6) is -0.432. The van der Waals surface area contributed by atoms with Crippen LogP contribution in [0.2, 0.25) is 5.02 Å². The van der Waals surface area contributed by atoms with Crippen LogP contribution in [0.3, 0.4) is 0 Å². The SMILES string of the molecule is Fc1ccc(Cn2cc(-c3c[nH]c4ncc(-c5ccncc5)nc34)cn2)cc1Cl. The second-order valence-electron chi connectivity index (χ2n) is 6.57. The van der Waals surface area contributed by atoms with Gasteiger partial charge in [-0.15, -0.1) is 0 Å². The number of halogens is 2. The topological polar surface area (TPSA) is 72.3 Å². The molecule has 0 saturated heterocycles. The van der Waals surface area contributed by atoms with Gasteiger partial charge in [0.25, 0.3) is 0 Å². The molecule has 5 aromatic rings. The maximum atomic E-state index is 13.4. The maximum Gasteiger partial charge on any atom is 0.156 e. The number of aromatic amines is 1. The van der Waals surface area contributed by atoms with Gasteiger partial charge in [0.2, 0.25) is 0 Å². The predicted octanol–water partition coefficient (Wildman–Crippen LogP) is 4.72. The largest absolute Gasteiger partial charge is 0.344 e. The van der Waals surface area contributed by atoms with Gasteiger partial charge >= 0.3 is 0 Å². The summed E-state index contributed by atoms with van der Waals surface area (Å²) >= 11 is 5.87. The maximum absolute atomic E-state index is 13.4. The van der Waals surface area contributed by atoms with Gasteiger partial charge in [0.1, 0.15) is 11.3 Å². The Morgan fingerprint density at radius 1 is 1.07 bits per heavy atom. The molecular weight excluding hydrogens is 391 g/mol. The van der Waals surface area contributed by atoms with E-state index in [0.29, 0.717) is 12.2 Å². The van der Waals surface area contributed by atoms with E-state index in [1.165, 1.54) is 6.07 Å². The number of nitrogens with one attached hydrogen (secondary N) is 1. The first-order valence-corrected chi connectivity index (χ1v) is 9.26. The summed E-state index contributed by atoms with van der Waals surface area (Å²) in [5.41, 5.74) is 5.88. The number of hydrogen-bond donors (Lipinski definition) is 1. The van der Waals surface area contributed by atoms with Crippen molar-refractivity contribution >= 4 is 22.8 Å². The first-order valence-electron chi connectivity index (χ1n) is 8.88. The number of aromatic nitrogens is 6. The lowest BCUT2D eigenvalue weighted by Gasteiger charge is -2.03. The molecule has 0 bridgehead atoms. The van der Waals surface area contributed by atoms with Gasteiger partial charge in [0.15, 0.2) is 5.65 Å². The van der Waals surface area contributed by atoms with Crippen LogP contribution in [0.15, 0.2) is 67.5 Å². The van der Waals surface area contributed by atoms with Crippen LogP contribution in [0.4, 0.5) is 4.39 Å². The standard InChI is InChI=1S/C21H14ClFN6/c22-17-7-13(1-2-18(17)23)11-29-12-15(8-27-29)16-9-25-21-20(16)28-19(10-26-21)14-3-5-24-6-4-14/h1-10,12H,11H2,(H,25,26). The van der Waals surface area contributed by atoms with Crippen molar-refractivity contribution in [2.45, 2.75) is 6.54 Å². The van der Waals surface area contributed by atoms with E-state index in [0.717, 1.165) is 33.5 Å². The molecule has 0 atom stereocenters. The third-order valence-electron chi connectivity index (χ3n) is 4.63. The summed E-state index contributed by atoms with van der Waals surface area (Å²) in [6, 6.07) is 8.46. The summed E-state index contributed by atoms with van der Waals surface area (Å²) in [6.45, 7) is 0.482. The van der Waals surface area contributed by atoms with Crippen molar-refractivity contribution < 1.29 is 4.39 Å². The van der Waals surface area contributed by atoms with Crippen molar-refractivity contribution in [3.8, 4) is 22.4 Å². The third kappa shape index (κ3) is 3.36. The van der Waals surface area contributed by atoms with Gasteiger partial charge in [0, 0.05) is 41.5 Å². The summed E-state index contributed by atoms with van der Waals surface area (Å²) in [4.78, 5) is 16.5. The number of nitrogens with zero attached hydrogens (tertiary/aromatic N) is 5. The Labute approximate surface area is 170 Å². The van der Waals surface area contributed by atoms with E-state index in [1.807, 2.05) is 24.5 Å². The van der Waals surface area contributed by atoms with Crippen LogP contribution in [0.1, 0.15) is 5.56 Å². The highest BCUT2D eigenvalue weighted by molar-refractivity contribution is 6.30. The number of hydrogen-bond acceptors (Lipinski definition) is 4. The number of rotatable bonds is 4. The molecule has 0 saturated carbocycles. The smallest absolute Gasteiger partial charge is 0.156 e. The van der Waals surface area contributed by atoms with Crippen molar-refractivity contribution in [2.24, 2.45) is 0 Å². The molecule has 4 heterocycles. The fraction of sp³-hybridized carbons (Fsp3) is 0.0476. The third-order valence-corrected chi connectivity index (χ3v) is 4.92. The Bertz CT molecular complexity index is 1310. The minimum absolute atomic E-state index is 0.102. The summed E-state index contributed by atoms with van der Waals surface area (Å²) < 4.78 is 15.1. The molecule has 0 fully saturated rings. The summed E-state index contributed by atoms with van der Waals surface area (Å²) in [7, 11) is 0. The lowest BCUT2D eigenvalue weighted by atomic mass is 10.1. The molecule has 5 rings (SSSR count). The average Bonchev–Trinajstić information content (AvgIpc) is 3.37. The van der Waals surface area contributed by atoms with Crippen LogP contribution < -0.4 is 0 Å². The number of H-pyrrole nitrogens is 1. The zero-order chi connectivity index (χ0) is 19.8. The Morgan fingerprint density at radius 2 is 1.93 bits per heavy atom. The highest BCUT2D eigenvalue weighted by atomic mass is 35.5. The molecule has 0 aliphatic heterocycles. The van der Waals surface area contributed by atoms with E-state index in [2.05, 4.69) is 20.1 Å². The molecule has 1 N–H and O–H groups in total. The second kappa shape index (κ2) is 7.10. The fourth-order valence-corrected chi connectivity index (χ4v) is 3.39. The molecule has 4 aromatic heterocycles. The first kappa shape index (κ1) is 17.5. The lowest BCUT2D eigenvalue weighted by molar-refractivity contribution is 0.625. The normalized spacial score (nSPS) is 11.2. The average molecular weight is 405 g/mol. The number of pyridine rings is 1. The van der Waals surface area contributed by atoms with Gasteiger partial charge in [0.05, 0.1) is 29.7 Å². The van der Waals surface area contributed by atoms with Crippen molar-refractivity contribution in [3.05, 3.63) is 83.9 Å². The van der Waals surface area contributed by atoms with Crippen LogP contribution in [-0.4, -0.2) is 29.7 Å². The van der Waals surface area contributed by atoms with E-state index >= 15 is 0 Å². The molecule has 0 aliphatic rings. The molecule has 8 heteroatoms. The van der Waals surface area contributed by atoms with Crippen LogP contribution >= 0.6 is 11.6 Å². The van der Waals surface area contributed by atoms with E-state index in [1.54, 1.807) is 41.6 Å². The zero-order valence-electron chi connectivity index (χ0n) is 15.0. The molecule has 29 heavy (non-hydrogen) atoms. The molecule has 0 spiro atoms. The molecule has 0 unspecified atom stereocenters. The molecule has 0 amide bonds. The highest BCUT2D eigenvalue weighted by Crippen LogP contribution is 2.28. The predicted molar refractivity (Wildman–Crippen MR) is 109 cm³/mol. The molecule has 0 radical (unpaired) electrons. The summed E-state index contributed by atoms with van der Waals surface area (Å²) in [5, 5.41) is 4.52. The van der Waals surface area contributed by atoms with Crippen molar-refractivity contribution in [3.63, 3.8) is 0 Å². The Hall–Kier alpha value is -3.58. The molecule has 142 valence electrons. The van der Waals surface area contributed by atoms with Crippen molar-refractivity contribution in [2.75, 3.05) is 0 Å². The quantitative estimate of drug-likeness (QED) is 0.470. The van der Waals surface area contributed by atoms with Gasteiger partial charge in [-0.3, -0.25) is 9.67 Å². The van der Waals surface area contributed by atoms with Gasteiger partial charge in [-0.25, -0.2) is 14.4 Å². The molecule has 1 aromatic carbocycles. The zero-order valence-corrected chi connectivity index (χ0v) is 15.8. The minimum Gasteiger partial charge on any atom is -0.344 e. The molecule has 0 aliphatic carbocycles. The molecule has 6 nitrogen and oxygen atoms in total. The summed E-state index contributed by atoms with van der Waals surface area (Å²) in [6.07, 6.45) is 10.8. The van der Waals surface area contributed by atoms with Crippen molar-refractivity contribution in [1.82, 2.24) is 29.7 Å². The molecular formula is C21H14ClFN6. The Morgan fingerprint density at radius 3 is 2.76 bits per heavy atom. The van der Waals surface area contributed by atoms with Gasteiger partial charge in [-0.2, -0.15) is 5.10 Å². The fourth-order valence-electron chi connectivity index (χ4n) is 3.19. The van der Waals surface area contributed by atoms with E-state index in [4.69, 9.17) is 16.6 Å². The van der Waals surface area contributed by atoms with Crippen LogP contribution in [0, 0.1) is 5.82 Å². The van der Waals surface area contributed by atoms with E-state index in [-0.39, 0.29) is 5.02 Å². The van der Waals surface area contributed by atoms with Gasteiger partial charge in [-0.05, 0) is 29.8 Å². The minimum atomic E-state index is -0.432. The second-order valence-corrected chi connectivity index (χ2v) is 6.97. The first-order chi connectivity index (χ1) is 14.2. The number of benzene rings is 1. The Kier molecular flexibility index (Phi) is 4.29.